The molecule has 0 aromatic heterocycles. The van der Waals surface area contributed by atoms with Gasteiger partial charge in [-0.2, -0.15) is 0 Å². The average molecular weight is 139 g/mol. The molecule has 0 aliphatic heterocycles. The summed E-state index contributed by atoms with van der Waals surface area (Å²) in [5.74, 6) is 0. The molecule has 0 bridgehead atoms. The maximum Gasteiger partial charge on any atom is 0.121 e. The van der Waals surface area contributed by atoms with E-state index in [1.807, 2.05) is 6.08 Å². The predicted molar refractivity (Wildman–Crippen MR) is 41.3 cm³/mol. The standard InChI is InChI=1S/C8H13NO/c1-7(10)9-8-5-3-2-4-6-8/h3,5-7,9-10H,2,4H2,1H3. The van der Waals surface area contributed by atoms with E-state index in [1.165, 1.54) is 0 Å². The molecule has 0 saturated heterocycles. The molecule has 0 aromatic rings. The van der Waals surface area contributed by atoms with Gasteiger partial charge in [0.1, 0.15) is 6.23 Å². The molecule has 2 nitrogen and oxygen atoms in total. The normalized spacial score (nSPS) is 20.0. The van der Waals surface area contributed by atoms with E-state index in [2.05, 4.69) is 17.5 Å². The fraction of sp³-hybridized carbons (Fsp3) is 0.500. The van der Waals surface area contributed by atoms with Crippen molar-refractivity contribution >= 4 is 0 Å². The minimum absolute atomic E-state index is 0.450. The summed E-state index contributed by atoms with van der Waals surface area (Å²) in [5, 5.41) is 11.8. The number of hydrogen-bond acceptors (Lipinski definition) is 2. The molecule has 0 aromatic carbocycles. The van der Waals surface area contributed by atoms with Gasteiger partial charge in [0.05, 0.1) is 0 Å². The number of aliphatic hydroxyl groups is 1. The molecule has 0 amide bonds. The summed E-state index contributed by atoms with van der Waals surface area (Å²) < 4.78 is 0. The Bertz CT molecular complexity index is 159. The SMILES string of the molecule is CC(O)NC1=CCCC=C1. The summed E-state index contributed by atoms with van der Waals surface area (Å²) in [6.07, 6.45) is 7.93. The van der Waals surface area contributed by atoms with Gasteiger partial charge in [0.15, 0.2) is 0 Å². The van der Waals surface area contributed by atoms with Gasteiger partial charge in [0.2, 0.25) is 0 Å². The van der Waals surface area contributed by atoms with Gasteiger partial charge < -0.3 is 10.4 Å². The van der Waals surface area contributed by atoms with Crippen LogP contribution in [-0.2, 0) is 0 Å². The molecule has 0 heterocycles. The highest BCUT2D eigenvalue weighted by Crippen LogP contribution is 2.06. The monoisotopic (exact) mass is 139 g/mol. The van der Waals surface area contributed by atoms with Crippen LogP contribution in [0.1, 0.15) is 19.8 Å². The predicted octanol–water partition coefficient (Wildman–Crippen LogP) is 1.15. The second kappa shape index (κ2) is 3.42. The summed E-state index contributed by atoms with van der Waals surface area (Å²) in [7, 11) is 0. The van der Waals surface area contributed by atoms with E-state index in [4.69, 9.17) is 5.11 Å². The molecular formula is C8H13NO. The van der Waals surface area contributed by atoms with E-state index < -0.39 is 6.23 Å². The molecule has 56 valence electrons. The highest BCUT2D eigenvalue weighted by atomic mass is 16.3. The Morgan fingerprint density at radius 1 is 1.60 bits per heavy atom. The Morgan fingerprint density at radius 3 is 2.90 bits per heavy atom. The lowest BCUT2D eigenvalue weighted by atomic mass is 10.1. The van der Waals surface area contributed by atoms with Crippen molar-refractivity contribution in [3.8, 4) is 0 Å². The Morgan fingerprint density at radius 2 is 2.40 bits per heavy atom. The van der Waals surface area contributed by atoms with Crippen LogP contribution in [0.15, 0.2) is 23.9 Å². The van der Waals surface area contributed by atoms with Gasteiger partial charge in [0, 0.05) is 5.70 Å². The van der Waals surface area contributed by atoms with Crippen LogP contribution in [0.5, 0.6) is 0 Å². The first-order chi connectivity index (χ1) is 4.79. The fourth-order valence-electron chi connectivity index (χ4n) is 0.962. The van der Waals surface area contributed by atoms with Crippen LogP contribution < -0.4 is 5.32 Å². The molecule has 0 spiro atoms. The summed E-state index contributed by atoms with van der Waals surface area (Å²) in [6.45, 7) is 1.71. The first-order valence-electron chi connectivity index (χ1n) is 3.60. The van der Waals surface area contributed by atoms with Crippen LogP contribution in [0.25, 0.3) is 0 Å². The van der Waals surface area contributed by atoms with E-state index in [0.717, 1.165) is 18.5 Å². The molecule has 1 rings (SSSR count). The number of hydrogen-bond donors (Lipinski definition) is 2. The molecule has 2 heteroatoms. The largest absolute Gasteiger partial charge is 0.374 e. The van der Waals surface area contributed by atoms with Gasteiger partial charge in [-0.1, -0.05) is 12.2 Å². The van der Waals surface area contributed by atoms with Crippen molar-refractivity contribution in [2.75, 3.05) is 0 Å². The van der Waals surface area contributed by atoms with Crippen molar-refractivity contribution < 1.29 is 5.11 Å². The molecule has 0 fully saturated rings. The van der Waals surface area contributed by atoms with Gasteiger partial charge in [0.25, 0.3) is 0 Å². The third-order valence-electron chi connectivity index (χ3n) is 1.37. The number of allylic oxidation sites excluding steroid dienone is 3. The summed E-state index contributed by atoms with van der Waals surface area (Å²) in [6, 6.07) is 0. The molecule has 1 unspecified atom stereocenters. The Balaban J connectivity index is 2.40. The van der Waals surface area contributed by atoms with Crippen molar-refractivity contribution in [2.45, 2.75) is 26.0 Å². The van der Waals surface area contributed by atoms with E-state index in [9.17, 15) is 0 Å². The average Bonchev–Trinajstić information content (AvgIpc) is 1.88. The molecule has 0 saturated carbocycles. The summed E-state index contributed by atoms with van der Waals surface area (Å²) in [4.78, 5) is 0. The highest BCUT2D eigenvalue weighted by molar-refractivity contribution is 5.20. The Labute approximate surface area is 61.3 Å². The Kier molecular flexibility index (Phi) is 2.51. The van der Waals surface area contributed by atoms with Crippen LogP contribution in [0.2, 0.25) is 0 Å². The zero-order chi connectivity index (χ0) is 7.40. The van der Waals surface area contributed by atoms with Crippen molar-refractivity contribution in [1.82, 2.24) is 5.32 Å². The lowest BCUT2D eigenvalue weighted by Crippen LogP contribution is -2.24. The third-order valence-corrected chi connectivity index (χ3v) is 1.37. The maximum atomic E-state index is 8.92. The minimum Gasteiger partial charge on any atom is -0.374 e. The van der Waals surface area contributed by atoms with Crippen molar-refractivity contribution in [3.63, 3.8) is 0 Å². The molecule has 0 radical (unpaired) electrons. The smallest absolute Gasteiger partial charge is 0.121 e. The number of rotatable bonds is 2. The molecule has 1 aliphatic carbocycles. The molecule has 1 atom stereocenters. The van der Waals surface area contributed by atoms with Crippen molar-refractivity contribution in [3.05, 3.63) is 23.9 Å². The van der Waals surface area contributed by atoms with Crippen LogP contribution in [0.4, 0.5) is 0 Å². The van der Waals surface area contributed by atoms with E-state index in [-0.39, 0.29) is 0 Å². The molecule has 10 heavy (non-hydrogen) atoms. The fourth-order valence-corrected chi connectivity index (χ4v) is 0.962. The summed E-state index contributed by atoms with van der Waals surface area (Å²) >= 11 is 0. The lowest BCUT2D eigenvalue weighted by molar-refractivity contribution is 0.170. The maximum absolute atomic E-state index is 8.92. The highest BCUT2D eigenvalue weighted by Gasteiger charge is 1.97. The van der Waals surface area contributed by atoms with Crippen LogP contribution in [0, 0.1) is 0 Å². The molecular weight excluding hydrogens is 126 g/mol. The van der Waals surface area contributed by atoms with E-state index in [1.54, 1.807) is 6.92 Å². The first-order valence-corrected chi connectivity index (χ1v) is 3.60. The second-order valence-electron chi connectivity index (χ2n) is 2.46. The van der Waals surface area contributed by atoms with Gasteiger partial charge in [-0.25, -0.2) is 0 Å². The molecule has 1 aliphatic rings. The first kappa shape index (κ1) is 7.35. The van der Waals surface area contributed by atoms with Gasteiger partial charge in [-0.15, -0.1) is 0 Å². The Hall–Kier alpha value is -0.760. The quantitative estimate of drug-likeness (QED) is 0.562. The zero-order valence-electron chi connectivity index (χ0n) is 6.17. The van der Waals surface area contributed by atoms with Crippen molar-refractivity contribution in [2.24, 2.45) is 0 Å². The van der Waals surface area contributed by atoms with Gasteiger partial charge in [-0.05, 0) is 25.8 Å². The third kappa shape index (κ3) is 2.23. The van der Waals surface area contributed by atoms with Gasteiger partial charge in [-0.3, -0.25) is 0 Å². The van der Waals surface area contributed by atoms with E-state index >= 15 is 0 Å². The zero-order valence-corrected chi connectivity index (χ0v) is 6.17. The van der Waals surface area contributed by atoms with Crippen molar-refractivity contribution in [1.29, 1.82) is 0 Å². The summed E-state index contributed by atoms with van der Waals surface area (Å²) in [5.41, 5.74) is 1.03. The minimum atomic E-state index is -0.450. The topological polar surface area (TPSA) is 32.3 Å². The van der Waals surface area contributed by atoms with Crippen LogP contribution in [0.3, 0.4) is 0 Å². The lowest BCUT2D eigenvalue weighted by Gasteiger charge is -2.11. The van der Waals surface area contributed by atoms with Gasteiger partial charge >= 0.3 is 0 Å². The van der Waals surface area contributed by atoms with Crippen LogP contribution in [-0.4, -0.2) is 11.3 Å². The molecule has 2 N–H and O–H groups in total. The van der Waals surface area contributed by atoms with Crippen LogP contribution >= 0.6 is 0 Å². The number of nitrogens with one attached hydrogen (secondary N) is 1. The number of aliphatic hydroxyl groups excluding tert-OH is 1. The van der Waals surface area contributed by atoms with E-state index in [0.29, 0.717) is 0 Å². The second-order valence-corrected chi connectivity index (χ2v) is 2.46.